The number of aliphatic hydroxyl groups is 1. The maximum absolute atomic E-state index is 11.9. The van der Waals surface area contributed by atoms with Crippen molar-refractivity contribution < 1.29 is 9.90 Å². The van der Waals surface area contributed by atoms with Crippen molar-refractivity contribution in [1.82, 2.24) is 10.2 Å². The summed E-state index contributed by atoms with van der Waals surface area (Å²) in [5.41, 5.74) is 0. The number of β-amino-alcohol motifs (C(OH)–C–C–N with tert-alkyl or cyclic N) is 1. The highest BCUT2D eigenvalue weighted by molar-refractivity contribution is 5.81. The zero-order valence-corrected chi connectivity index (χ0v) is 10.6. The van der Waals surface area contributed by atoms with Crippen molar-refractivity contribution in [2.24, 2.45) is 0 Å². The number of rotatable bonds is 4. The van der Waals surface area contributed by atoms with E-state index in [0.717, 1.165) is 25.8 Å². The Labute approximate surface area is 98.0 Å². The Hall–Kier alpha value is -0.610. The Bertz CT molecular complexity index is 233. The van der Waals surface area contributed by atoms with Gasteiger partial charge in [0.15, 0.2) is 0 Å². The Morgan fingerprint density at radius 3 is 2.81 bits per heavy atom. The van der Waals surface area contributed by atoms with Gasteiger partial charge in [0.05, 0.1) is 12.1 Å². The first-order valence-corrected chi connectivity index (χ1v) is 6.27. The van der Waals surface area contributed by atoms with Gasteiger partial charge in [-0.2, -0.15) is 0 Å². The molecule has 0 aliphatic carbocycles. The van der Waals surface area contributed by atoms with Gasteiger partial charge in [0.25, 0.3) is 0 Å². The number of hydrogen-bond acceptors (Lipinski definition) is 3. The highest BCUT2D eigenvalue weighted by Gasteiger charge is 2.26. The Morgan fingerprint density at radius 1 is 1.56 bits per heavy atom. The van der Waals surface area contributed by atoms with E-state index in [1.807, 2.05) is 13.8 Å². The van der Waals surface area contributed by atoms with E-state index in [9.17, 15) is 9.90 Å². The highest BCUT2D eigenvalue weighted by Crippen LogP contribution is 2.13. The van der Waals surface area contributed by atoms with Crippen LogP contribution in [-0.4, -0.2) is 47.2 Å². The average molecular weight is 228 g/mol. The van der Waals surface area contributed by atoms with E-state index in [4.69, 9.17) is 0 Å². The van der Waals surface area contributed by atoms with Gasteiger partial charge in [-0.1, -0.05) is 6.92 Å². The molecule has 1 fully saturated rings. The van der Waals surface area contributed by atoms with Crippen molar-refractivity contribution in [2.75, 3.05) is 13.1 Å². The lowest BCUT2D eigenvalue weighted by Crippen LogP contribution is -2.51. The second-order valence-corrected chi connectivity index (χ2v) is 4.78. The molecule has 2 N–H and O–H groups in total. The van der Waals surface area contributed by atoms with Gasteiger partial charge in [-0.25, -0.2) is 0 Å². The first-order chi connectivity index (χ1) is 7.54. The molecule has 0 aromatic rings. The summed E-state index contributed by atoms with van der Waals surface area (Å²) in [5, 5.41) is 12.5. The maximum atomic E-state index is 11.9. The molecular formula is C12H24N2O2. The lowest BCUT2D eigenvalue weighted by molar-refractivity contribution is -0.127. The van der Waals surface area contributed by atoms with Crippen LogP contribution in [0.25, 0.3) is 0 Å². The van der Waals surface area contributed by atoms with Gasteiger partial charge in [-0.3, -0.25) is 9.69 Å². The minimum Gasteiger partial charge on any atom is -0.392 e. The van der Waals surface area contributed by atoms with Crippen molar-refractivity contribution in [3.8, 4) is 0 Å². The molecule has 4 nitrogen and oxygen atoms in total. The number of nitrogens with zero attached hydrogens (tertiary/aromatic N) is 1. The Morgan fingerprint density at radius 2 is 2.25 bits per heavy atom. The maximum Gasteiger partial charge on any atom is 0.237 e. The van der Waals surface area contributed by atoms with Crippen molar-refractivity contribution >= 4 is 5.91 Å². The predicted molar refractivity (Wildman–Crippen MR) is 64.2 cm³/mol. The molecule has 0 spiro atoms. The summed E-state index contributed by atoms with van der Waals surface area (Å²) < 4.78 is 0. The smallest absolute Gasteiger partial charge is 0.237 e. The molecule has 94 valence electrons. The molecule has 1 heterocycles. The molecule has 2 unspecified atom stereocenters. The highest BCUT2D eigenvalue weighted by atomic mass is 16.3. The van der Waals surface area contributed by atoms with E-state index in [0.29, 0.717) is 6.54 Å². The summed E-state index contributed by atoms with van der Waals surface area (Å²) in [4.78, 5) is 13.9. The van der Waals surface area contributed by atoms with E-state index >= 15 is 0 Å². The number of piperidine rings is 1. The molecule has 1 aliphatic rings. The Balaban J connectivity index is 2.43. The molecule has 1 saturated heterocycles. The van der Waals surface area contributed by atoms with Crippen LogP contribution < -0.4 is 5.32 Å². The molecule has 16 heavy (non-hydrogen) atoms. The summed E-state index contributed by atoms with van der Waals surface area (Å²) in [6.07, 6.45) is 2.51. The number of likely N-dealkylation sites (tertiary alicyclic amines) is 1. The number of nitrogens with one attached hydrogen (secondary N) is 1. The minimum absolute atomic E-state index is 0.0726. The van der Waals surface area contributed by atoms with Crippen molar-refractivity contribution in [2.45, 2.75) is 58.2 Å². The van der Waals surface area contributed by atoms with Gasteiger partial charge in [0.2, 0.25) is 5.91 Å². The van der Waals surface area contributed by atoms with E-state index in [2.05, 4.69) is 17.1 Å². The number of carbonyl (C=O) groups excluding carboxylic acids is 1. The number of amides is 1. The predicted octanol–water partition coefficient (Wildman–Crippen LogP) is 0.746. The van der Waals surface area contributed by atoms with E-state index in [1.165, 1.54) is 0 Å². The third-order valence-electron chi connectivity index (χ3n) is 3.36. The molecular weight excluding hydrogens is 204 g/mol. The average Bonchev–Trinajstić information content (AvgIpc) is 2.27. The number of carbonyl (C=O) groups is 1. The second-order valence-electron chi connectivity index (χ2n) is 4.78. The van der Waals surface area contributed by atoms with Crippen LogP contribution in [0.2, 0.25) is 0 Å². The monoisotopic (exact) mass is 228 g/mol. The SMILES string of the molecule is CCC(C)NC(=O)C(C)N1CCC[C@H](O)C1. The Kier molecular flexibility index (Phi) is 5.22. The van der Waals surface area contributed by atoms with Crippen molar-refractivity contribution in [1.29, 1.82) is 0 Å². The van der Waals surface area contributed by atoms with Crippen molar-refractivity contribution in [3.05, 3.63) is 0 Å². The fourth-order valence-corrected chi connectivity index (χ4v) is 1.97. The van der Waals surface area contributed by atoms with Crippen LogP contribution in [0.3, 0.4) is 0 Å². The second kappa shape index (κ2) is 6.21. The van der Waals surface area contributed by atoms with Gasteiger partial charge in [-0.05, 0) is 39.7 Å². The van der Waals surface area contributed by atoms with Crippen LogP contribution >= 0.6 is 0 Å². The van der Waals surface area contributed by atoms with E-state index in [-0.39, 0.29) is 24.1 Å². The fourth-order valence-electron chi connectivity index (χ4n) is 1.97. The number of hydrogen-bond donors (Lipinski definition) is 2. The molecule has 0 radical (unpaired) electrons. The quantitative estimate of drug-likeness (QED) is 0.746. The van der Waals surface area contributed by atoms with E-state index < -0.39 is 0 Å². The van der Waals surface area contributed by atoms with Gasteiger partial charge in [0.1, 0.15) is 0 Å². The summed E-state index contributed by atoms with van der Waals surface area (Å²) in [6, 6.07) is 0.0913. The molecule has 0 aromatic carbocycles. The van der Waals surface area contributed by atoms with Crippen LogP contribution in [0.5, 0.6) is 0 Å². The fraction of sp³-hybridized carbons (Fsp3) is 0.917. The molecule has 1 amide bonds. The van der Waals surface area contributed by atoms with Gasteiger partial charge in [0, 0.05) is 12.6 Å². The molecule has 0 saturated carbocycles. The standard InChI is InChI=1S/C12H24N2O2/c1-4-9(2)13-12(16)10(3)14-7-5-6-11(15)8-14/h9-11,15H,4-8H2,1-3H3,(H,13,16)/t9?,10?,11-/m0/s1. The summed E-state index contributed by atoms with van der Waals surface area (Å²) in [5.74, 6) is 0.0726. The molecule has 1 rings (SSSR count). The van der Waals surface area contributed by atoms with Crippen LogP contribution in [0.15, 0.2) is 0 Å². The van der Waals surface area contributed by atoms with Crippen molar-refractivity contribution in [3.63, 3.8) is 0 Å². The molecule has 0 aromatic heterocycles. The number of aliphatic hydroxyl groups excluding tert-OH is 1. The largest absolute Gasteiger partial charge is 0.392 e. The van der Waals surface area contributed by atoms with E-state index in [1.54, 1.807) is 0 Å². The van der Waals surface area contributed by atoms with Gasteiger partial charge in [-0.15, -0.1) is 0 Å². The first-order valence-electron chi connectivity index (χ1n) is 6.27. The lowest BCUT2D eigenvalue weighted by Gasteiger charge is -2.34. The zero-order valence-electron chi connectivity index (χ0n) is 10.6. The molecule has 0 bridgehead atoms. The van der Waals surface area contributed by atoms with Gasteiger partial charge < -0.3 is 10.4 Å². The van der Waals surface area contributed by atoms with Crippen LogP contribution in [0.4, 0.5) is 0 Å². The molecule has 1 aliphatic heterocycles. The zero-order chi connectivity index (χ0) is 12.1. The summed E-state index contributed by atoms with van der Waals surface area (Å²) >= 11 is 0. The van der Waals surface area contributed by atoms with Gasteiger partial charge >= 0.3 is 0 Å². The summed E-state index contributed by atoms with van der Waals surface area (Å²) in [7, 11) is 0. The molecule has 3 atom stereocenters. The van der Waals surface area contributed by atoms with Crippen LogP contribution in [-0.2, 0) is 4.79 Å². The lowest BCUT2D eigenvalue weighted by atomic mass is 10.1. The van der Waals surface area contributed by atoms with Crippen LogP contribution in [0.1, 0.15) is 40.0 Å². The topological polar surface area (TPSA) is 52.6 Å². The first kappa shape index (κ1) is 13.5. The summed E-state index contributed by atoms with van der Waals surface area (Å²) in [6.45, 7) is 7.51. The van der Waals surface area contributed by atoms with Crippen LogP contribution in [0, 0.1) is 0 Å². The normalized spacial score (nSPS) is 26.1. The third-order valence-corrected chi connectivity index (χ3v) is 3.36. The minimum atomic E-state index is -0.271. The third kappa shape index (κ3) is 3.76. The molecule has 4 heteroatoms.